The van der Waals surface area contributed by atoms with Crippen molar-refractivity contribution in [2.45, 2.75) is 51.9 Å². The lowest BCUT2D eigenvalue weighted by molar-refractivity contribution is -0.146. The molecule has 0 aromatic rings. The Morgan fingerprint density at radius 3 is 2.26 bits per heavy atom. The Hall–Kier alpha value is -0.820. The van der Waals surface area contributed by atoms with Crippen LogP contribution in [0.3, 0.4) is 0 Å². The summed E-state index contributed by atoms with van der Waals surface area (Å²) in [6, 6.07) is -0.837. The number of hydrogen-bond donors (Lipinski definition) is 2. The van der Waals surface area contributed by atoms with E-state index in [1.54, 1.807) is 20.8 Å². The fourth-order valence-corrected chi connectivity index (χ4v) is 1.83. The molecule has 4 nitrogen and oxygen atoms in total. The normalized spacial score (nSPS) is 14.1. The van der Waals surface area contributed by atoms with Crippen molar-refractivity contribution in [1.82, 2.24) is 10.2 Å². The largest absolute Gasteiger partial charge is 0.480 e. The summed E-state index contributed by atoms with van der Waals surface area (Å²) in [5, 5.41) is 11.8. The van der Waals surface area contributed by atoms with Crippen molar-refractivity contribution in [3.05, 3.63) is 0 Å². The Morgan fingerprint density at radius 2 is 1.89 bits per heavy atom. The van der Waals surface area contributed by atoms with Crippen molar-refractivity contribution in [2.24, 2.45) is 0 Å². The van der Waals surface area contributed by atoms with E-state index < -0.39 is 24.7 Å². The molecule has 2 N–H and O–H groups in total. The second-order valence-corrected chi connectivity index (χ2v) is 4.89. The summed E-state index contributed by atoms with van der Waals surface area (Å²) in [5.74, 6) is -1.03. The van der Waals surface area contributed by atoms with Crippen LogP contribution in [0.5, 0.6) is 0 Å². The molecule has 0 fully saturated rings. The molecule has 0 bridgehead atoms. The van der Waals surface area contributed by atoms with Crippen molar-refractivity contribution < 1.29 is 23.1 Å². The minimum absolute atomic E-state index is 0.0247. The topological polar surface area (TPSA) is 52.6 Å². The Morgan fingerprint density at radius 1 is 1.32 bits per heavy atom. The van der Waals surface area contributed by atoms with Gasteiger partial charge in [0.2, 0.25) is 0 Å². The predicted molar refractivity (Wildman–Crippen MR) is 67.1 cm³/mol. The molecule has 0 spiro atoms. The fraction of sp³-hybridized carbons (Fsp3) is 0.917. The van der Waals surface area contributed by atoms with E-state index in [0.29, 0.717) is 13.0 Å². The molecular formula is C12H23F3N2O2. The van der Waals surface area contributed by atoms with Crippen LogP contribution in [0.25, 0.3) is 0 Å². The first-order valence-corrected chi connectivity index (χ1v) is 6.43. The van der Waals surface area contributed by atoms with Crippen LogP contribution >= 0.6 is 0 Å². The van der Waals surface area contributed by atoms with Crippen LogP contribution < -0.4 is 5.32 Å². The van der Waals surface area contributed by atoms with Gasteiger partial charge in [0, 0.05) is 12.6 Å². The second kappa shape index (κ2) is 8.37. The highest BCUT2D eigenvalue weighted by atomic mass is 19.4. The zero-order chi connectivity index (χ0) is 15.1. The van der Waals surface area contributed by atoms with E-state index in [2.05, 4.69) is 5.32 Å². The van der Waals surface area contributed by atoms with Gasteiger partial charge in [-0.05, 0) is 19.4 Å². The molecule has 0 rings (SSSR count). The summed E-state index contributed by atoms with van der Waals surface area (Å²) in [5.41, 5.74) is 0. The molecule has 0 radical (unpaired) electrons. The average Bonchev–Trinajstić information content (AvgIpc) is 2.21. The van der Waals surface area contributed by atoms with Crippen LogP contribution in [0.15, 0.2) is 0 Å². The summed E-state index contributed by atoms with van der Waals surface area (Å²) in [6.07, 6.45) is -3.49. The molecule has 0 aromatic carbocycles. The van der Waals surface area contributed by atoms with Gasteiger partial charge < -0.3 is 10.4 Å². The Kier molecular flexibility index (Phi) is 8.01. The van der Waals surface area contributed by atoms with Crippen molar-refractivity contribution >= 4 is 5.97 Å². The third kappa shape index (κ3) is 9.72. The number of carboxylic acid groups (broad SMARTS) is 1. The number of carbonyl (C=O) groups is 1. The summed E-state index contributed by atoms with van der Waals surface area (Å²) >= 11 is 0. The number of hydrogen-bond acceptors (Lipinski definition) is 3. The molecule has 0 aliphatic rings. The summed E-state index contributed by atoms with van der Waals surface area (Å²) < 4.78 is 37.0. The van der Waals surface area contributed by atoms with E-state index in [1.807, 2.05) is 0 Å². The number of alkyl halides is 3. The fourth-order valence-electron chi connectivity index (χ4n) is 1.83. The highest BCUT2D eigenvalue weighted by Gasteiger charge is 2.31. The third-order valence-corrected chi connectivity index (χ3v) is 2.51. The molecule has 1 unspecified atom stereocenters. The zero-order valence-electron chi connectivity index (χ0n) is 11.6. The van der Waals surface area contributed by atoms with Crippen molar-refractivity contribution in [2.75, 3.05) is 19.6 Å². The molecule has 114 valence electrons. The minimum Gasteiger partial charge on any atom is -0.480 e. The van der Waals surface area contributed by atoms with Gasteiger partial charge in [0.25, 0.3) is 0 Å². The summed E-state index contributed by atoms with van der Waals surface area (Å²) in [6.45, 7) is 4.84. The lowest BCUT2D eigenvalue weighted by atomic mass is 10.1. The maximum absolute atomic E-state index is 12.3. The van der Waals surface area contributed by atoms with E-state index >= 15 is 0 Å². The van der Waals surface area contributed by atoms with Crippen LogP contribution in [-0.2, 0) is 4.79 Å². The lowest BCUT2D eigenvalue weighted by Crippen LogP contribution is -2.44. The van der Waals surface area contributed by atoms with Gasteiger partial charge in [-0.15, -0.1) is 0 Å². The molecule has 19 heavy (non-hydrogen) atoms. The number of nitrogens with one attached hydrogen (secondary N) is 1. The number of carboxylic acids is 1. The predicted octanol–water partition coefficient (Wildman–Crippen LogP) is 2.10. The van der Waals surface area contributed by atoms with Crippen LogP contribution in [0.2, 0.25) is 0 Å². The third-order valence-electron chi connectivity index (χ3n) is 2.51. The quantitative estimate of drug-likeness (QED) is 0.681. The molecule has 0 aromatic heterocycles. The smallest absolute Gasteiger partial charge is 0.401 e. The minimum atomic E-state index is -4.25. The standard InChI is InChI=1S/C12H23F3N2O2/c1-4-6-17(8-12(13,14)15)7-5-10(11(18)19)16-9(2)3/h9-10,16H,4-8H2,1-3H3,(H,18,19). The van der Waals surface area contributed by atoms with Gasteiger partial charge in [-0.1, -0.05) is 20.8 Å². The number of aliphatic carboxylic acids is 1. The first kappa shape index (κ1) is 18.2. The van der Waals surface area contributed by atoms with Crippen molar-refractivity contribution in [1.29, 1.82) is 0 Å². The Balaban J connectivity index is 4.37. The highest BCUT2D eigenvalue weighted by Crippen LogP contribution is 2.17. The first-order valence-electron chi connectivity index (χ1n) is 6.43. The van der Waals surface area contributed by atoms with Gasteiger partial charge in [0.05, 0.1) is 6.54 Å². The molecule has 0 aliphatic heterocycles. The summed E-state index contributed by atoms with van der Waals surface area (Å²) in [7, 11) is 0. The van der Waals surface area contributed by atoms with Crippen LogP contribution in [0.1, 0.15) is 33.6 Å². The lowest BCUT2D eigenvalue weighted by Gasteiger charge is -2.25. The molecule has 0 amide bonds. The molecule has 0 saturated heterocycles. The Bertz CT molecular complexity index is 270. The maximum atomic E-state index is 12.3. The van der Waals surface area contributed by atoms with Crippen LogP contribution in [-0.4, -0.2) is 53.9 Å². The van der Waals surface area contributed by atoms with Gasteiger partial charge in [-0.25, -0.2) is 0 Å². The summed E-state index contributed by atoms with van der Waals surface area (Å²) in [4.78, 5) is 12.2. The van der Waals surface area contributed by atoms with Gasteiger partial charge in [-0.3, -0.25) is 9.69 Å². The van der Waals surface area contributed by atoms with Crippen LogP contribution in [0, 0.1) is 0 Å². The van der Waals surface area contributed by atoms with E-state index in [-0.39, 0.29) is 19.0 Å². The SMILES string of the molecule is CCCN(CCC(NC(C)C)C(=O)O)CC(F)(F)F. The molecule has 7 heteroatoms. The molecule has 1 atom stereocenters. The second-order valence-electron chi connectivity index (χ2n) is 4.89. The van der Waals surface area contributed by atoms with Crippen molar-refractivity contribution in [3.63, 3.8) is 0 Å². The Labute approximate surface area is 112 Å². The van der Waals surface area contributed by atoms with Gasteiger partial charge in [0.1, 0.15) is 6.04 Å². The molecule has 0 aliphatic carbocycles. The number of nitrogens with zero attached hydrogens (tertiary/aromatic N) is 1. The van der Waals surface area contributed by atoms with Gasteiger partial charge in [0.15, 0.2) is 0 Å². The number of rotatable bonds is 9. The maximum Gasteiger partial charge on any atom is 0.401 e. The number of halogens is 3. The van der Waals surface area contributed by atoms with Gasteiger partial charge >= 0.3 is 12.1 Å². The van der Waals surface area contributed by atoms with Crippen molar-refractivity contribution in [3.8, 4) is 0 Å². The van der Waals surface area contributed by atoms with E-state index in [1.165, 1.54) is 4.90 Å². The first-order chi connectivity index (χ1) is 8.65. The molecular weight excluding hydrogens is 261 g/mol. The van der Waals surface area contributed by atoms with E-state index in [4.69, 9.17) is 5.11 Å². The average molecular weight is 284 g/mol. The van der Waals surface area contributed by atoms with E-state index in [9.17, 15) is 18.0 Å². The molecule has 0 saturated carbocycles. The van der Waals surface area contributed by atoms with Crippen LogP contribution in [0.4, 0.5) is 13.2 Å². The molecule has 0 heterocycles. The monoisotopic (exact) mass is 284 g/mol. The van der Waals surface area contributed by atoms with E-state index in [0.717, 1.165) is 0 Å². The zero-order valence-corrected chi connectivity index (χ0v) is 11.6. The highest BCUT2D eigenvalue weighted by molar-refractivity contribution is 5.73. The van der Waals surface area contributed by atoms with Gasteiger partial charge in [-0.2, -0.15) is 13.2 Å².